The van der Waals surface area contributed by atoms with Gasteiger partial charge in [-0.15, -0.1) is 0 Å². The van der Waals surface area contributed by atoms with Gasteiger partial charge in [0.1, 0.15) is 0 Å². The van der Waals surface area contributed by atoms with Crippen molar-refractivity contribution in [3.05, 3.63) is 15.8 Å². The molecule has 0 saturated carbocycles. The number of halogens is 1. The molecule has 0 aliphatic carbocycles. The van der Waals surface area contributed by atoms with Gasteiger partial charge in [0.2, 0.25) is 0 Å². The van der Waals surface area contributed by atoms with Crippen molar-refractivity contribution >= 4 is 81.4 Å². The second kappa shape index (κ2) is 7.10. The molecule has 0 spiro atoms. The van der Waals surface area contributed by atoms with Crippen LogP contribution in [0.4, 0.5) is 5.69 Å². The fourth-order valence-corrected chi connectivity index (χ4v) is 7.82. The molecule has 1 aromatic rings. The number of nitrogens with zero attached hydrogens (tertiary/aromatic N) is 2. The predicted molar refractivity (Wildman–Crippen MR) is 105 cm³/mol. The molecule has 4 heterocycles. The maximum absolute atomic E-state index is 11.5. The number of aliphatic hydroxyl groups is 1. The molecule has 3 aliphatic rings. The van der Waals surface area contributed by atoms with Crippen molar-refractivity contribution in [3.63, 3.8) is 0 Å². The van der Waals surface area contributed by atoms with Gasteiger partial charge in [0.25, 0.3) is 0 Å². The van der Waals surface area contributed by atoms with Gasteiger partial charge >= 0.3 is 182 Å². The van der Waals surface area contributed by atoms with Crippen molar-refractivity contribution in [1.82, 2.24) is 0 Å². The number of rotatable bonds is 3. The molecule has 0 aromatic carbocycles. The van der Waals surface area contributed by atoms with Gasteiger partial charge in [-0.3, -0.25) is 0 Å². The minimum atomic E-state index is -1.58. The summed E-state index contributed by atoms with van der Waals surface area (Å²) >= 11 is 2.77. The molecule has 1 unspecified atom stereocenters. The predicted octanol–water partition coefficient (Wildman–Crippen LogP) is 2.74. The van der Waals surface area contributed by atoms with E-state index in [4.69, 9.17) is 16.9 Å². The van der Waals surface area contributed by atoms with Crippen molar-refractivity contribution in [3.8, 4) is 0 Å². The zero-order valence-corrected chi connectivity index (χ0v) is 22.0. The molecule has 25 heavy (non-hydrogen) atoms. The third-order valence-corrected chi connectivity index (χ3v) is 8.47. The van der Waals surface area contributed by atoms with Crippen LogP contribution < -0.4 is 0 Å². The molecule has 1 aromatic heterocycles. The van der Waals surface area contributed by atoms with Crippen LogP contribution >= 0.6 is 44.4 Å². The molecule has 0 amide bonds. The van der Waals surface area contributed by atoms with Gasteiger partial charge in [0, 0.05) is 0 Å². The van der Waals surface area contributed by atoms with E-state index in [1.165, 1.54) is 11.3 Å². The molecule has 4 atom stereocenters. The van der Waals surface area contributed by atoms with Crippen LogP contribution in [0.5, 0.6) is 0 Å². The number of hydrogen-bond donors (Lipinski definition) is 1. The van der Waals surface area contributed by atoms with Gasteiger partial charge < -0.3 is 0 Å². The van der Waals surface area contributed by atoms with E-state index in [0.29, 0.717) is 37.7 Å². The summed E-state index contributed by atoms with van der Waals surface area (Å²) in [6, 6.07) is 0. The Balaban J connectivity index is 1.76. The SMILES string of the molecule is CSC1=NI=Nc2c1csc2C1(O)O[C@H](C[O][Tl])[C@H]2OC(C)(C)O[C@H]21. The average Bonchev–Trinajstić information content (AvgIpc) is 3.21. The van der Waals surface area contributed by atoms with Crippen molar-refractivity contribution in [1.29, 1.82) is 0 Å². The molecule has 134 valence electrons. The van der Waals surface area contributed by atoms with Crippen molar-refractivity contribution < 1.29 is 22.0 Å². The summed E-state index contributed by atoms with van der Waals surface area (Å²) in [4.78, 5) is 0.679. The van der Waals surface area contributed by atoms with E-state index >= 15 is 0 Å². The topological polar surface area (TPSA) is 81.9 Å². The Bertz CT molecular complexity index is 758. The van der Waals surface area contributed by atoms with Crippen LogP contribution in [-0.2, 0) is 22.7 Å². The number of thiophene rings is 1. The van der Waals surface area contributed by atoms with E-state index in [1.54, 1.807) is 11.8 Å². The molecule has 3 aliphatic heterocycles. The van der Waals surface area contributed by atoms with E-state index in [9.17, 15) is 5.11 Å². The van der Waals surface area contributed by atoms with E-state index in [1.807, 2.05) is 25.5 Å². The summed E-state index contributed by atoms with van der Waals surface area (Å²) < 4.78 is 32.6. The zero-order chi connectivity index (χ0) is 17.8. The van der Waals surface area contributed by atoms with E-state index in [-0.39, 0.29) is 12.2 Å². The molecule has 2 saturated heterocycles. The molecule has 1 N–H and O–H groups in total. The third kappa shape index (κ3) is 3.22. The molecular formula is C14H16IN2O5S2Tl. The first-order valence-electron chi connectivity index (χ1n) is 7.56. The summed E-state index contributed by atoms with van der Waals surface area (Å²) in [6.07, 6.45) is 0.650. The van der Waals surface area contributed by atoms with Gasteiger partial charge in [-0.1, -0.05) is 0 Å². The monoisotopic (exact) mass is 688 g/mol. The van der Waals surface area contributed by atoms with Gasteiger partial charge in [-0.05, 0) is 0 Å². The first-order chi connectivity index (χ1) is 11.9. The molecular weight excluding hydrogens is 672 g/mol. The Morgan fingerprint density at radius 2 is 2.24 bits per heavy atom. The van der Waals surface area contributed by atoms with E-state index < -0.39 is 39.0 Å². The minimum absolute atomic E-state index is 0.369. The average molecular weight is 688 g/mol. The molecule has 0 radical (unpaired) electrons. The van der Waals surface area contributed by atoms with Crippen LogP contribution in [0, 0.1) is 0 Å². The third-order valence-electron chi connectivity index (χ3n) is 4.22. The summed E-state index contributed by atoms with van der Waals surface area (Å²) in [5, 5.41) is 14.5. The van der Waals surface area contributed by atoms with Gasteiger partial charge in [-0.25, -0.2) is 0 Å². The first kappa shape index (κ1) is 19.3. The second-order valence-corrected chi connectivity index (χ2v) is 10.7. The van der Waals surface area contributed by atoms with Crippen molar-refractivity contribution in [2.75, 3.05) is 12.9 Å². The molecule has 0 bridgehead atoms. The summed E-state index contributed by atoms with van der Waals surface area (Å²) in [7, 11) is 0. The van der Waals surface area contributed by atoms with Crippen LogP contribution in [0.3, 0.4) is 0 Å². The second-order valence-electron chi connectivity index (χ2n) is 6.29. The number of thioether (sulfide) groups is 1. The van der Waals surface area contributed by atoms with Crippen molar-refractivity contribution in [2.24, 2.45) is 6.35 Å². The molecule has 11 heteroatoms. The fourth-order valence-electron chi connectivity index (χ4n) is 3.26. The van der Waals surface area contributed by atoms with Crippen LogP contribution in [0.2, 0.25) is 0 Å². The summed E-state index contributed by atoms with van der Waals surface area (Å²) in [6.45, 7) is 4.09. The molecule has 7 nitrogen and oxygen atoms in total. The van der Waals surface area contributed by atoms with Gasteiger partial charge in [-0.2, -0.15) is 0 Å². The number of hydrogen-bond acceptors (Lipinski definition) is 9. The summed E-state index contributed by atoms with van der Waals surface area (Å²) in [5.41, 5.74) is 1.76. The Morgan fingerprint density at radius 3 is 2.96 bits per heavy atom. The van der Waals surface area contributed by atoms with Crippen LogP contribution in [0.25, 0.3) is 0 Å². The normalized spacial score (nSPS) is 35.8. The standard InChI is InChI=1S/C14H16IN2O5S2.Tl/c1-13(2)21-9-7(4-18)20-14(19,10(9)22-13)11-8-6(5-24-11)12(23-3)17-15-16-8;/h5,7,9-10,19H,4H2,1-3H3;/q-1;+1/t7-,9-,10-,14?;/m1./s1. The van der Waals surface area contributed by atoms with Crippen LogP contribution in [0.1, 0.15) is 24.3 Å². The summed E-state index contributed by atoms with van der Waals surface area (Å²) in [5.74, 6) is -2.36. The Labute approximate surface area is 180 Å². The van der Waals surface area contributed by atoms with Crippen LogP contribution in [0.15, 0.2) is 11.7 Å². The van der Waals surface area contributed by atoms with E-state index in [2.05, 4.69) is 6.35 Å². The first-order valence-corrected chi connectivity index (χ1v) is 13.4. The van der Waals surface area contributed by atoms with Crippen molar-refractivity contribution in [2.45, 2.75) is 43.7 Å². The van der Waals surface area contributed by atoms with Gasteiger partial charge in [0.15, 0.2) is 0 Å². The maximum atomic E-state index is 11.5. The van der Waals surface area contributed by atoms with Crippen LogP contribution in [-0.4, -0.2) is 73.3 Å². The fraction of sp³-hybridized carbons (Fsp3) is 0.643. The van der Waals surface area contributed by atoms with E-state index in [0.717, 1.165) is 16.3 Å². The Hall–Kier alpha value is 0.972. The zero-order valence-electron chi connectivity index (χ0n) is 13.8. The Kier molecular flexibility index (Phi) is 5.48. The molecule has 2 fully saturated rings. The molecule has 4 rings (SSSR count). The quantitative estimate of drug-likeness (QED) is 0.389. The van der Waals surface area contributed by atoms with Gasteiger partial charge in [0.05, 0.1) is 0 Å². The Morgan fingerprint density at radius 1 is 1.44 bits per heavy atom. The number of ether oxygens (including phenoxy) is 3. The number of fused-ring (bicyclic) bond motifs is 2.